The summed E-state index contributed by atoms with van der Waals surface area (Å²) in [5.41, 5.74) is 3.80. The molecule has 0 atom stereocenters. The highest BCUT2D eigenvalue weighted by atomic mass is 16.5. The Morgan fingerprint density at radius 2 is 1.96 bits per heavy atom. The number of hydrogen-bond donors (Lipinski definition) is 1. The van der Waals surface area contributed by atoms with E-state index in [0.717, 1.165) is 29.6 Å². The van der Waals surface area contributed by atoms with Gasteiger partial charge in [-0.25, -0.2) is 0 Å². The third-order valence-corrected chi connectivity index (χ3v) is 5.22. The molecule has 0 saturated heterocycles. The molecule has 3 aromatic rings. The first-order valence-electron chi connectivity index (χ1n) is 9.18. The molecule has 1 aliphatic heterocycles. The summed E-state index contributed by atoms with van der Waals surface area (Å²) in [4.78, 5) is 29.8. The van der Waals surface area contributed by atoms with Gasteiger partial charge in [-0.2, -0.15) is 0 Å². The molecule has 0 aliphatic carbocycles. The third kappa shape index (κ3) is 3.58. The van der Waals surface area contributed by atoms with Crippen LogP contribution in [0.3, 0.4) is 0 Å². The van der Waals surface area contributed by atoms with Gasteiger partial charge in [-0.05, 0) is 48.2 Å². The summed E-state index contributed by atoms with van der Waals surface area (Å²) < 4.78 is 5.25. The number of amides is 1. The molecule has 0 radical (unpaired) electrons. The highest BCUT2D eigenvalue weighted by Gasteiger charge is 2.20. The molecular formula is C22H22N2O3. The van der Waals surface area contributed by atoms with Gasteiger partial charge in [0, 0.05) is 36.0 Å². The zero-order chi connectivity index (χ0) is 18.8. The first-order valence-corrected chi connectivity index (χ1v) is 9.18. The van der Waals surface area contributed by atoms with E-state index < -0.39 is 0 Å². The van der Waals surface area contributed by atoms with E-state index in [9.17, 15) is 9.59 Å². The number of carbonyl (C=O) groups is 1. The zero-order valence-electron chi connectivity index (χ0n) is 15.3. The first kappa shape index (κ1) is 17.3. The normalized spacial score (nSPS) is 13.4. The van der Waals surface area contributed by atoms with Crippen molar-refractivity contribution in [3.8, 4) is 5.75 Å². The van der Waals surface area contributed by atoms with Crippen molar-refractivity contribution in [2.75, 3.05) is 13.7 Å². The predicted octanol–water partition coefficient (Wildman–Crippen LogP) is 3.05. The van der Waals surface area contributed by atoms with Crippen molar-refractivity contribution in [3.05, 3.63) is 75.6 Å². The number of hydrogen-bond acceptors (Lipinski definition) is 3. The van der Waals surface area contributed by atoms with Crippen molar-refractivity contribution < 1.29 is 9.53 Å². The van der Waals surface area contributed by atoms with Gasteiger partial charge < -0.3 is 14.6 Å². The van der Waals surface area contributed by atoms with Crippen LogP contribution in [0.2, 0.25) is 0 Å². The van der Waals surface area contributed by atoms with Gasteiger partial charge in [-0.15, -0.1) is 0 Å². The number of fused-ring (bicyclic) bond motifs is 2. The molecule has 0 spiro atoms. The predicted molar refractivity (Wildman–Crippen MR) is 105 cm³/mol. The molecule has 2 heterocycles. The molecule has 1 aromatic heterocycles. The Morgan fingerprint density at radius 3 is 2.78 bits per heavy atom. The molecule has 1 aliphatic rings. The lowest BCUT2D eigenvalue weighted by molar-refractivity contribution is -0.132. The summed E-state index contributed by atoms with van der Waals surface area (Å²) in [5, 5.41) is 0.906. The minimum absolute atomic E-state index is 0.0923. The summed E-state index contributed by atoms with van der Waals surface area (Å²) in [6.45, 7) is 1.39. The molecule has 0 bridgehead atoms. The van der Waals surface area contributed by atoms with Crippen LogP contribution in [0.5, 0.6) is 5.75 Å². The number of methoxy groups -OCH3 is 1. The summed E-state index contributed by atoms with van der Waals surface area (Å²) in [6.07, 6.45) is 1.65. The number of aryl methyl sites for hydroxylation is 1. The van der Waals surface area contributed by atoms with Crippen LogP contribution >= 0.6 is 0 Å². The fourth-order valence-electron chi connectivity index (χ4n) is 3.65. The van der Waals surface area contributed by atoms with Crippen LogP contribution in [-0.2, 0) is 24.2 Å². The first-order chi connectivity index (χ1) is 13.1. The standard InChI is InChI=1S/C22H22N2O3/c1-27-19-7-8-20-18(13-19)12-16(22(26)23-20)6-9-21(25)24-11-10-15-4-2-3-5-17(15)14-24/h2-5,7-8,12-13H,6,9-11,14H2,1H3,(H,23,26). The topological polar surface area (TPSA) is 62.4 Å². The smallest absolute Gasteiger partial charge is 0.251 e. The molecule has 5 nitrogen and oxygen atoms in total. The fourth-order valence-corrected chi connectivity index (χ4v) is 3.65. The second-order valence-electron chi connectivity index (χ2n) is 6.91. The van der Waals surface area contributed by atoms with Crippen molar-refractivity contribution >= 4 is 16.8 Å². The fraction of sp³-hybridized carbons (Fsp3) is 0.273. The lowest BCUT2D eigenvalue weighted by Crippen LogP contribution is -2.36. The summed E-state index contributed by atoms with van der Waals surface area (Å²) in [6, 6.07) is 15.6. The van der Waals surface area contributed by atoms with Gasteiger partial charge >= 0.3 is 0 Å². The highest BCUT2D eigenvalue weighted by Crippen LogP contribution is 2.21. The van der Waals surface area contributed by atoms with Crippen molar-refractivity contribution in [3.63, 3.8) is 0 Å². The molecule has 1 amide bonds. The number of nitrogens with zero attached hydrogens (tertiary/aromatic N) is 1. The van der Waals surface area contributed by atoms with Crippen LogP contribution in [-0.4, -0.2) is 29.4 Å². The number of benzene rings is 2. The van der Waals surface area contributed by atoms with E-state index in [4.69, 9.17) is 4.74 Å². The van der Waals surface area contributed by atoms with Crippen LogP contribution in [0.15, 0.2) is 53.3 Å². The van der Waals surface area contributed by atoms with Gasteiger partial charge in [-0.1, -0.05) is 24.3 Å². The maximum atomic E-state index is 12.7. The molecule has 138 valence electrons. The number of aromatic amines is 1. The van der Waals surface area contributed by atoms with Crippen LogP contribution < -0.4 is 10.3 Å². The number of ether oxygens (including phenoxy) is 1. The second kappa shape index (κ2) is 7.27. The van der Waals surface area contributed by atoms with Gasteiger partial charge in [0.1, 0.15) is 5.75 Å². The maximum Gasteiger partial charge on any atom is 0.251 e. The van der Waals surface area contributed by atoms with E-state index in [2.05, 4.69) is 17.1 Å². The molecule has 2 aromatic carbocycles. The summed E-state index contributed by atoms with van der Waals surface area (Å²) in [7, 11) is 1.61. The lowest BCUT2D eigenvalue weighted by Gasteiger charge is -2.29. The average Bonchev–Trinajstić information content (AvgIpc) is 2.71. The molecule has 1 N–H and O–H groups in total. The Kier molecular flexibility index (Phi) is 4.67. The molecule has 0 saturated carbocycles. The number of carbonyl (C=O) groups excluding carboxylic acids is 1. The quantitative estimate of drug-likeness (QED) is 0.776. The Hall–Kier alpha value is -3.08. The van der Waals surface area contributed by atoms with Crippen LogP contribution in [0, 0.1) is 0 Å². The number of pyridine rings is 1. The Morgan fingerprint density at radius 1 is 1.15 bits per heavy atom. The summed E-state index contributed by atoms with van der Waals surface area (Å²) in [5.74, 6) is 0.832. The lowest BCUT2D eigenvalue weighted by atomic mass is 9.99. The number of rotatable bonds is 4. The maximum absolute atomic E-state index is 12.7. The largest absolute Gasteiger partial charge is 0.497 e. The molecule has 0 fully saturated rings. The molecule has 27 heavy (non-hydrogen) atoms. The Bertz CT molecular complexity index is 1050. The van der Waals surface area contributed by atoms with Crippen molar-refractivity contribution in [1.29, 1.82) is 0 Å². The van der Waals surface area contributed by atoms with Gasteiger partial charge in [0.05, 0.1) is 7.11 Å². The Labute approximate surface area is 157 Å². The molecule has 5 heteroatoms. The molecule has 0 unspecified atom stereocenters. The van der Waals surface area contributed by atoms with E-state index >= 15 is 0 Å². The van der Waals surface area contributed by atoms with Gasteiger partial charge in [-0.3, -0.25) is 9.59 Å². The van der Waals surface area contributed by atoms with Gasteiger partial charge in [0.15, 0.2) is 0 Å². The van der Waals surface area contributed by atoms with Crippen molar-refractivity contribution in [1.82, 2.24) is 9.88 Å². The molecular weight excluding hydrogens is 340 g/mol. The molecule has 4 rings (SSSR count). The number of nitrogens with one attached hydrogen (secondary N) is 1. The average molecular weight is 362 g/mol. The van der Waals surface area contributed by atoms with E-state index in [1.807, 2.05) is 41.3 Å². The third-order valence-electron chi connectivity index (χ3n) is 5.22. The second-order valence-corrected chi connectivity index (χ2v) is 6.91. The van der Waals surface area contributed by atoms with Gasteiger partial charge in [0.2, 0.25) is 5.91 Å². The SMILES string of the molecule is COc1ccc2[nH]c(=O)c(CCC(=O)N3CCc4ccccc4C3)cc2c1. The Balaban J connectivity index is 1.47. The van der Waals surface area contributed by atoms with Crippen LogP contribution in [0.25, 0.3) is 10.9 Å². The highest BCUT2D eigenvalue weighted by molar-refractivity contribution is 5.81. The van der Waals surface area contributed by atoms with E-state index in [0.29, 0.717) is 24.9 Å². The van der Waals surface area contributed by atoms with Crippen LogP contribution in [0.4, 0.5) is 0 Å². The van der Waals surface area contributed by atoms with E-state index in [-0.39, 0.29) is 11.5 Å². The van der Waals surface area contributed by atoms with Crippen molar-refractivity contribution in [2.45, 2.75) is 25.8 Å². The monoisotopic (exact) mass is 362 g/mol. The van der Waals surface area contributed by atoms with Crippen LogP contribution in [0.1, 0.15) is 23.1 Å². The zero-order valence-corrected chi connectivity index (χ0v) is 15.3. The van der Waals surface area contributed by atoms with E-state index in [1.54, 1.807) is 7.11 Å². The number of H-pyrrole nitrogens is 1. The van der Waals surface area contributed by atoms with Gasteiger partial charge in [0.25, 0.3) is 5.56 Å². The minimum atomic E-state index is -0.135. The number of aromatic nitrogens is 1. The summed E-state index contributed by atoms with van der Waals surface area (Å²) >= 11 is 0. The van der Waals surface area contributed by atoms with Crippen molar-refractivity contribution in [2.24, 2.45) is 0 Å². The minimum Gasteiger partial charge on any atom is -0.497 e. The van der Waals surface area contributed by atoms with E-state index in [1.165, 1.54) is 11.1 Å².